The normalized spacial score (nSPS) is 13.7. The largest absolute Gasteiger partial charge is 0.480 e. The van der Waals surface area contributed by atoms with Crippen LogP contribution in [-0.2, 0) is 25.6 Å². The Morgan fingerprint density at radius 1 is 1.16 bits per heavy atom. The molecule has 174 valence electrons. The molecule has 0 aliphatic carbocycles. The van der Waals surface area contributed by atoms with Crippen molar-refractivity contribution in [1.29, 1.82) is 0 Å². The third-order valence-corrected chi connectivity index (χ3v) is 5.52. The highest BCUT2D eigenvalue weighted by Gasteiger charge is 2.25. The minimum atomic E-state index is -1.19. The predicted octanol–water partition coefficient (Wildman–Crippen LogP) is -0.0189. The maximum atomic E-state index is 12.8. The summed E-state index contributed by atoms with van der Waals surface area (Å²) in [5.74, 6) is -2.16. The van der Waals surface area contributed by atoms with E-state index in [2.05, 4.69) is 20.9 Å². The number of fused-ring (bicyclic) bond motifs is 1. The maximum absolute atomic E-state index is 12.8. The van der Waals surface area contributed by atoms with E-state index >= 15 is 0 Å². The molecule has 11 heteroatoms. The van der Waals surface area contributed by atoms with Crippen molar-refractivity contribution < 1.29 is 24.3 Å². The van der Waals surface area contributed by atoms with Crippen LogP contribution in [0.25, 0.3) is 10.9 Å². The van der Waals surface area contributed by atoms with E-state index in [0.29, 0.717) is 12.2 Å². The molecule has 0 aliphatic rings. The number of aromatic amines is 1. The first-order valence-corrected chi connectivity index (χ1v) is 11.5. The maximum Gasteiger partial charge on any atom is 0.325 e. The number of hydrogen-bond donors (Lipinski definition) is 6. The van der Waals surface area contributed by atoms with Crippen LogP contribution in [0.1, 0.15) is 18.9 Å². The summed E-state index contributed by atoms with van der Waals surface area (Å²) in [6.07, 6.45) is 4.33. The summed E-state index contributed by atoms with van der Waals surface area (Å²) >= 11 is 1.57. The number of carboxylic acids is 1. The van der Waals surface area contributed by atoms with Crippen molar-refractivity contribution in [2.45, 2.75) is 37.9 Å². The molecule has 2 rings (SSSR count). The Bertz CT molecular complexity index is 963. The van der Waals surface area contributed by atoms with Gasteiger partial charge in [-0.1, -0.05) is 18.2 Å². The third kappa shape index (κ3) is 7.27. The highest BCUT2D eigenvalue weighted by molar-refractivity contribution is 7.98. The molecule has 2 aromatic rings. The quantitative estimate of drug-likeness (QED) is 0.257. The average Bonchev–Trinajstić information content (AvgIpc) is 3.17. The number of benzene rings is 1. The number of aromatic nitrogens is 1. The van der Waals surface area contributed by atoms with Gasteiger partial charge in [-0.3, -0.25) is 19.2 Å². The molecule has 0 spiro atoms. The topological polar surface area (TPSA) is 166 Å². The number of amides is 3. The smallest absolute Gasteiger partial charge is 0.325 e. The number of rotatable bonds is 12. The summed E-state index contributed by atoms with van der Waals surface area (Å²) < 4.78 is 0. The molecule has 0 saturated carbocycles. The molecule has 3 unspecified atom stereocenters. The second-order valence-electron chi connectivity index (χ2n) is 7.36. The summed E-state index contributed by atoms with van der Waals surface area (Å²) in [7, 11) is 0. The molecular formula is C21H29N5O5S. The standard InChI is InChI=1S/C21H29N5O5S/c1-12(21(30)31)25-18(27)11-24-20(29)17(26-19(28)15(22)7-8-32-2)9-13-10-23-16-6-4-3-5-14(13)16/h3-6,10,12,15,17,23H,7-9,11,22H2,1-2H3,(H,24,29)(H,25,27)(H,26,28)(H,30,31). The van der Waals surface area contributed by atoms with Crippen molar-refractivity contribution in [3.05, 3.63) is 36.0 Å². The van der Waals surface area contributed by atoms with Crippen molar-refractivity contribution in [3.63, 3.8) is 0 Å². The summed E-state index contributed by atoms with van der Waals surface area (Å²) in [6.45, 7) is 0.896. The van der Waals surface area contributed by atoms with Gasteiger partial charge in [-0.2, -0.15) is 11.8 Å². The zero-order valence-electron chi connectivity index (χ0n) is 18.0. The first kappa shape index (κ1) is 25.2. The van der Waals surface area contributed by atoms with Gasteiger partial charge >= 0.3 is 5.97 Å². The molecule has 0 saturated heterocycles. The van der Waals surface area contributed by atoms with Gasteiger partial charge in [-0.25, -0.2) is 0 Å². The van der Waals surface area contributed by atoms with E-state index in [9.17, 15) is 19.2 Å². The van der Waals surface area contributed by atoms with Gasteiger partial charge in [0.1, 0.15) is 12.1 Å². The number of hydrogen-bond acceptors (Lipinski definition) is 6. The second kappa shape index (κ2) is 12.1. The molecule has 32 heavy (non-hydrogen) atoms. The highest BCUT2D eigenvalue weighted by Crippen LogP contribution is 2.19. The molecule has 10 nitrogen and oxygen atoms in total. The molecular weight excluding hydrogens is 434 g/mol. The van der Waals surface area contributed by atoms with Crippen molar-refractivity contribution in [3.8, 4) is 0 Å². The van der Waals surface area contributed by atoms with Crippen LogP contribution in [0.3, 0.4) is 0 Å². The number of nitrogens with two attached hydrogens (primary N) is 1. The van der Waals surface area contributed by atoms with E-state index in [-0.39, 0.29) is 6.42 Å². The minimum absolute atomic E-state index is 0.185. The van der Waals surface area contributed by atoms with Gasteiger partial charge in [0.2, 0.25) is 17.7 Å². The van der Waals surface area contributed by atoms with Crippen LogP contribution < -0.4 is 21.7 Å². The molecule has 1 aromatic heterocycles. The number of H-pyrrole nitrogens is 1. The Balaban J connectivity index is 2.10. The zero-order chi connectivity index (χ0) is 23.7. The van der Waals surface area contributed by atoms with Crippen molar-refractivity contribution >= 4 is 46.4 Å². The van der Waals surface area contributed by atoms with Crippen molar-refractivity contribution in [2.75, 3.05) is 18.6 Å². The first-order valence-electron chi connectivity index (χ1n) is 10.1. The minimum Gasteiger partial charge on any atom is -0.480 e. The molecule has 3 atom stereocenters. The molecule has 3 amide bonds. The summed E-state index contributed by atoms with van der Waals surface area (Å²) in [6, 6.07) is 4.75. The Morgan fingerprint density at radius 3 is 2.56 bits per heavy atom. The number of carboxylic acid groups (broad SMARTS) is 1. The van der Waals surface area contributed by atoms with Gasteiger partial charge in [-0.15, -0.1) is 0 Å². The van der Waals surface area contributed by atoms with Crippen molar-refractivity contribution in [2.24, 2.45) is 5.73 Å². The monoisotopic (exact) mass is 463 g/mol. The van der Waals surface area contributed by atoms with E-state index in [1.165, 1.54) is 6.92 Å². The van der Waals surface area contributed by atoms with Crippen LogP contribution in [0.2, 0.25) is 0 Å². The van der Waals surface area contributed by atoms with Gasteiger partial charge in [-0.05, 0) is 37.0 Å². The van der Waals surface area contributed by atoms with E-state index in [1.807, 2.05) is 30.5 Å². The molecule has 1 heterocycles. The Hall–Kier alpha value is -3.05. The summed E-state index contributed by atoms with van der Waals surface area (Å²) in [5, 5.41) is 17.2. The van der Waals surface area contributed by atoms with Crippen molar-refractivity contribution in [1.82, 2.24) is 20.9 Å². The fourth-order valence-corrected chi connectivity index (χ4v) is 3.52. The molecule has 0 fully saturated rings. The lowest BCUT2D eigenvalue weighted by molar-refractivity contribution is -0.141. The lowest BCUT2D eigenvalue weighted by atomic mass is 10.0. The SMILES string of the molecule is CSCCC(N)C(=O)NC(Cc1c[nH]c2ccccc12)C(=O)NCC(=O)NC(C)C(=O)O. The van der Waals surface area contributed by atoms with Crippen LogP contribution in [-0.4, -0.2) is 70.5 Å². The highest BCUT2D eigenvalue weighted by atomic mass is 32.2. The fourth-order valence-electron chi connectivity index (χ4n) is 3.03. The number of nitrogens with one attached hydrogen (secondary N) is 4. The van der Waals surface area contributed by atoms with Crippen LogP contribution in [0.15, 0.2) is 30.5 Å². The van der Waals surface area contributed by atoms with Gasteiger partial charge in [0.15, 0.2) is 0 Å². The number of thioether (sulfide) groups is 1. The lowest BCUT2D eigenvalue weighted by Crippen LogP contribution is -2.54. The lowest BCUT2D eigenvalue weighted by Gasteiger charge is -2.21. The molecule has 0 radical (unpaired) electrons. The van der Waals surface area contributed by atoms with Crippen LogP contribution >= 0.6 is 11.8 Å². The zero-order valence-corrected chi connectivity index (χ0v) is 18.8. The number of para-hydroxylation sites is 1. The Morgan fingerprint density at radius 2 is 1.88 bits per heavy atom. The predicted molar refractivity (Wildman–Crippen MR) is 123 cm³/mol. The average molecular weight is 464 g/mol. The van der Waals surface area contributed by atoms with E-state index in [1.54, 1.807) is 18.0 Å². The van der Waals surface area contributed by atoms with Gasteiger partial charge in [0.25, 0.3) is 0 Å². The van der Waals surface area contributed by atoms with Crippen LogP contribution in [0.5, 0.6) is 0 Å². The molecule has 0 aliphatic heterocycles. The Kier molecular flexibility index (Phi) is 9.54. The second-order valence-corrected chi connectivity index (χ2v) is 8.34. The fraction of sp³-hybridized carbons (Fsp3) is 0.429. The third-order valence-electron chi connectivity index (χ3n) is 4.87. The summed E-state index contributed by atoms with van der Waals surface area (Å²) in [4.78, 5) is 51.3. The van der Waals surface area contributed by atoms with Gasteiger partial charge in [0, 0.05) is 23.5 Å². The van der Waals surface area contributed by atoms with Crippen LogP contribution in [0.4, 0.5) is 0 Å². The van der Waals surface area contributed by atoms with E-state index in [0.717, 1.165) is 16.5 Å². The number of carbonyl (C=O) groups excluding carboxylic acids is 3. The number of aliphatic carboxylic acids is 1. The molecule has 0 bridgehead atoms. The van der Waals surface area contributed by atoms with E-state index < -0.39 is 48.4 Å². The molecule has 1 aromatic carbocycles. The van der Waals surface area contributed by atoms with E-state index in [4.69, 9.17) is 10.8 Å². The first-order chi connectivity index (χ1) is 15.2. The van der Waals surface area contributed by atoms with Gasteiger partial charge in [0.05, 0.1) is 12.6 Å². The molecule has 7 N–H and O–H groups in total. The van der Waals surface area contributed by atoms with Gasteiger partial charge < -0.3 is 31.8 Å². The number of carbonyl (C=O) groups is 4. The summed E-state index contributed by atoms with van der Waals surface area (Å²) in [5.41, 5.74) is 7.66. The van der Waals surface area contributed by atoms with Crippen LogP contribution in [0, 0.1) is 0 Å². The Labute approximate surface area is 190 Å².